The van der Waals surface area contributed by atoms with Crippen LogP contribution in [0, 0.1) is 0 Å². The largest absolute Gasteiger partial charge is 0.453 e. The maximum Gasteiger partial charge on any atom is 0.194 e. The van der Waals surface area contributed by atoms with E-state index < -0.39 is 0 Å². The topological polar surface area (TPSA) is 54.9 Å². The number of furan rings is 1. The molecule has 0 saturated carbocycles. The summed E-state index contributed by atoms with van der Waals surface area (Å²) in [5.74, 6) is 0.269. The molecule has 0 aliphatic carbocycles. The van der Waals surface area contributed by atoms with Crippen molar-refractivity contribution in [2.45, 2.75) is 6.92 Å². The third-order valence-corrected chi connectivity index (χ3v) is 2.88. The quantitative estimate of drug-likeness (QED) is 0.491. The van der Waals surface area contributed by atoms with Crippen LogP contribution in [0.2, 0.25) is 0 Å². The number of carbonyl (C=O) groups excluding carboxylic acids is 1. The van der Waals surface area contributed by atoms with E-state index in [1.807, 2.05) is 42.5 Å². The van der Waals surface area contributed by atoms with Crippen LogP contribution in [0.1, 0.15) is 17.5 Å². The third-order valence-electron chi connectivity index (χ3n) is 2.88. The summed E-state index contributed by atoms with van der Waals surface area (Å²) in [6.07, 6.45) is 0. The van der Waals surface area contributed by atoms with Gasteiger partial charge in [0.2, 0.25) is 0 Å². The van der Waals surface area contributed by atoms with Gasteiger partial charge in [-0.15, -0.1) is 0 Å². The third kappa shape index (κ3) is 2.49. The number of carbonyl (C=O) groups is 1. The number of fused-ring (bicyclic) bond motifs is 1. The fourth-order valence-corrected chi connectivity index (χ4v) is 1.88. The summed E-state index contributed by atoms with van der Waals surface area (Å²) in [5.41, 5.74) is 2.19. The Labute approximate surface area is 115 Å². The highest BCUT2D eigenvalue weighted by Gasteiger charge is 2.07. The minimum absolute atomic E-state index is 0.0892. The second-order valence-electron chi connectivity index (χ2n) is 4.42. The number of nitrogens with zero attached hydrogens (tertiary/aromatic N) is 2. The monoisotopic (exact) mass is 264 g/mol. The summed E-state index contributed by atoms with van der Waals surface area (Å²) in [5, 5.41) is 9.18. The average Bonchev–Trinajstić information content (AvgIpc) is 2.89. The molecule has 4 nitrogen and oxygen atoms in total. The molecule has 0 aliphatic heterocycles. The lowest BCUT2D eigenvalue weighted by Gasteiger charge is -1.93. The van der Waals surface area contributed by atoms with Gasteiger partial charge in [0.1, 0.15) is 5.58 Å². The average molecular weight is 264 g/mol. The molecule has 3 rings (SSSR count). The Morgan fingerprint density at radius 3 is 2.45 bits per heavy atom. The summed E-state index contributed by atoms with van der Waals surface area (Å²) in [4.78, 5) is 11.3. The van der Waals surface area contributed by atoms with Gasteiger partial charge in [-0.3, -0.25) is 4.79 Å². The van der Waals surface area contributed by atoms with Crippen molar-refractivity contribution in [3.05, 3.63) is 60.4 Å². The first kappa shape index (κ1) is 12.3. The zero-order valence-electron chi connectivity index (χ0n) is 10.9. The summed E-state index contributed by atoms with van der Waals surface area (Å²) < 4.78 is 5.43. The van der Waals surface area contributed by atoms with E-state index in [1.165, 1.54) is 6.92 Å². The van der Waals surface area contributed by atoms with Gasteiger partial charge in [-0.05, 0) is 36.4 Å². The van der Waals surface area contributed by atoms with Crippen molar-refractivity contribution in [2.75, 3.05) is 0 Å². The molecule has 0 bridgehead atoms. The van der Waals surface area contributed by atoms with Crippen molar-refractivity contribution in [3.8, 4) is 0 Å². The van der Waals surface area contributed by atoms with Gasteiger partial charge in [0.15, 0.2) is 11.5 Å². The lowest BCUT2D eigenvalue weighted by Crippen LogP contribution is -1.85. The molecule has 0 amide bonds. The second kappa shape index (κ2) is 5.09. The van der Waals surface area contributed by atoms with E-state index in [9.17, 15) is 4.79 Å². The molecule has 98 valence electrons. The number of hydrogen-bond acceptors (Lipinski definition) is 4. The number of azo groups is 1. The van der Waals surface area contributed by atoms with Gasteiger partial charge in [0, 0.05) is 12.3 Å². The van der Waals surface area contributed by atoms with E-state index in [4.69, 9.17) is 4.42 Å². The Balaban J connectivity index is 1.93. The fraction of sp³-hybridized carbons (Fsp3) is 0.0625. The van der Waals surface area contributed by atoms with Gasteiger partial charge in [-0.1, -0.05) is 18.2 Å². The van der Waals surface area contributed by atoms with E-state index in [0.717, 1.165) is 16.8 Å². The van der Waals surface area contributed by atoms with Gasteiger partial charge in [-0.2, -0.15) is 10.2 Å². The molecule has 4 heteroatoms. The molecule has 0 aliphatic rings. The van der Waals surface area contributed by atoms with Crippen LogP contribution in [0.4, 0.5) is 11.4 Å². The van der Waals surface area contributed by atoms with E-state index in [0.29, 0.717) is 11.3 Å². The second-order valence-corrected chi connectivity index (χ2v) is 4.42. The Bertz CT molecular complexity index is 789. The molecular formula is C16H12N2O2. The molecule has 0 N–H and O–H groups in total. The number of hydrogen-bond donors (Lipinski definition) is 0. The zero-order valence-corrected chi connectivity index (χ0v) is 10.9. The van der Waals surface area contributed by atoms with Crippen LogP contribution >= 0.6 is 0 Å². The van der Waals surface area contributed by atoms with E-state index in [2.05, 4.69) is 10.2 Å². The smallest absolute Gasteiger partial charge is 0.194 e. The summed E-state index contributed by atoms with van der Waals surface area (Å²) in [6, 6.07) is 16.7. The molecule has 0 spiro atoms. The number of benzene rings is 2. The van der Waals surface area contributed by atoms with Crippen molar-refractivity contribution < 1.29 is 9.21 Å². The first-order valence-electron chi connectivity index (χ1n) is 6.24. The Kier molecular flexibility index (Phi) is 3.13. The van der Waals surface area contributed by atoms with Crippen molar-refractivity contribution >= 4 is 28.1 Å². The first-order valence-corrected chi connectivity index (χ1v) is 6.24. The van der Waals surface area contributed by atoms with Crippen LogP contribution in [0.15, 0.2) is 69.2 Å². The predicted molar refractivity (Wildman–Crippen MR) is 76.8 cm³/mol. The molecule has 0 fully saturated rings. The fourth-order valence-electron chi connectivity index (χ4n) is 1.88. The maximum atomic E-state index is 11.3. The molecule has 3 aromatic rings. The standard InChI is InChI=1S/C16H12N2O2/c1-11(19)16-10-12-9-14(7-8-15(12)20-16)18-17-13-5-3-2-4-6-13/h2-10H,1H3. The molecule has 0 saturated heterocycles. The summed E-state index contributed by atoms with van der Waals surface area (Å²) in [7, 11) is 0. The minimum Gasteiger partial charge on any atom is -0.453 e. The van der Waals surface area contributed by atoms with Crippen LogP contribution in [-0.2, 0) is 0 Å². The minimum atomic E-state index is -0.0892. The Hall–Kier alpha value is -2.75. The van der Waals surface area contributed by atoms with E-state index >= 15 is 0 Å². The van der Waals surface area contributed by atoms with Crippen molar-refractivity contribution in [1.82, 2.24) is 0 Å². The van der Waals surface area contributed by atoms with Gasteiger partial charge < -0.3 is 4.42 Å². The molecular weight excluding hydrogens is 252 g/mol. The molecule has 20 heavy (non-hydrogen) atoms. The van der Waals surface area contributed by atoms with Gasteiger partial charge in [-0.25, -0.2) is 0 Å². The zero-order chi connectivity index (χ0) is 13.9. The molecule has 0 atom stereocenters. The SMILES string of the molecule is CC(=O)c1cc2cc(N=Nc3ccccc3)ccc2o1. The molecule has 1 aromatic heterocycles. The molecule has 2 aromatic carbocycles. The van der Waals surface area contributed by atoms with Crippen LogP contribution in [0.5, 0.6) is 0 Å². The van der Waals surface area contributed by atoms with Crippen molar-refractivity contribution in [3.63, 3.8) is 0 Å². The Morgan fingerprint density at radius 2 is 1.70 bits per heavy atom. The normalized spacial score (nSPS) is 11.2. The van der Waals surface area contributed by atoms with Crippen molar-refractivity contribution in [2.24, 2.45) is 10.2 Å². The van der Waals surface area contributed by atoms with Crippen LogP contribution in [0.25, 0.3) is 11.0 Å². The number of Topliss-reactive ketones (excluding diaryl/α,β-unsaturated/α-hetero) is 1. The highest BCUT2D eigenvalue weighted by Crippen LogP contribution is 2.26. The first-order chi connectivity index (χ1) is 9.72. The molecule has 0 radical (unpaired) electrons. The number of ketones is 1. The van der Waals surface area contributed by atoms with Crippen molar-refractivity contribution in [1.29, 1.82) is 0 Å². The summed E-state index contributed by atoms with van der Waals surface area (Å²) >= 11 is 0. The van der Waals surface area contributed by atoms with Gasteiger partial charge in [0.25, 0.3) is 0 Å². The number of rotatable bonds is 3. The van der Waals surface area contributed by atoms with Gasteiger partial charge >= 0.3 is 0 Å². The predicted octanol–water partition coefficient (Wildman–Crippen LogP) is 5.05. The highest BCUT2D eigenvalue weighted by atomic mass is 16.3. The van der Waals surface area contributed by atoms with E-state index in [-0.39, 0.29) is 5.78 Å². The summed E-state index contributed by atoms with van der Waals surface area (Å²) in [6.45, 7) is 1.48. The molecule has 0 unspecified atom stereocenters. The lowest BCUT2D eigenvalue weighted by atomic mass is 10.2. The van der Waals surface area contributed by atoms with Crippen LogP contribution in [0.3, 0.4) is 0 Å². The highest BCUT2D eigenvalue weighted by molar-refractivity contribution is 5.96. The van der Waals surface area contributed by atoms with Gasteiger partial charge in [0.05, 0.1) is 11.4 Å². The van der Waals surface area contributed by atoms with Crippen LogP contribution < -0.4 is 0 Å². The van der Waals surface area contributed by atoms with E-state index in [1.54, 1.807) is 12.1 Å². The maximum absolute atomic E-state index is 11.3. The Morgan fingerprint density at radius 1 is 0.950 bits per heavy atom. The lowest BCUT2D eigenvalue weighted by molar-refractivity contribution is 0.0989. The molecule has 1 heterocycles. The van der Waals surface area contributed by atoms with Crippen LogP contribution in [-0.4, -0.2) is 5.78 Å².